The maximum Gasteiger partial charge on any atom is 0.329 e. The van der Waals surface area contributed by atoms with Gasteiger partial charge in [0.15, 0.2) is 0 Å². The number of hydrogen-bond acceptors (Lipinski definition) is 4. The van der Waals surface area contributed by atoms with Crippen LogP contribution < -0.4 is 4.84 Å². The second-order valence-electron chi connectivity index (χ2n) is 1.81. The molecule has 4 nitrogen and oxygen atoms in total. The average Bonchev–Trinajstić information content (AvgIpc) is 1.93. The number of aromatic nitrogens is 2. The van der Waals surface area contributed by atoms with E-state index in [1.54, 1.807) is 6.07 Å². The van der Waals surface area contributed by atoms with Gasteiger partial charge >= 0.3 is 5.97 Å². The molecule has 5 heteroatoms. The molecule has 1 rings (SSSR count). The van der Waals surface area contributed by atoms with Gasteiger partial charge in [-0.25, -0.2) is 9.78 Å². The van der Waals surface area contributed by atoms with Crippen LogP contribution in [0.15, 0.2) is 18.5 Å². The van der Waals surface area contributed by atoms with E-state index in [2.05, 4.69) is 9.82 Å². The first-order chi connectivity index (χ1) is 5.20. The van der Waals surface area contributed by atoms with Gasteiger partial charge in [0, 0.05) is 19.3 Å². The SMILES string of the molecule is CC(=O)On1cccnc1=S. The highest BCUT2D eigenvalue weighted by atomic mass is 32.1. The molecular formula is C6H6N2O2S. The van der Waals surface area contributed by atoms with E-state index in [9.17, 15) is 4.79 Å². The molecule has 0 spiro atoms. The van der Waals surface area contributed by atoms with Gasteiger partial charge in [0.05, 0.1) is 0 Å². The van der Waals surface area contributed by atoms with E-state index < -0.39 is 5.97 Å². The van der Waals surface area contributed by atoms with Crippen LogP contribution in [0.5, 0.6) is 0 Å². The van der Waals surface area contributed by atoms with Crippen LogP contribution in [0.1, 0.15) is 6.92 Å². The molecule has 0 aliphatic carbocycles. The normalized spacial score (nSPS) is 9.18. The lowest BCUT2D eigenvalue weighted by Crippen LogP contribution is -2.17. The van der Waals surface area contributed by atoms with Crippen LogP contribution in [0.2, 0.25) is 0 Å². The van der Waals surface area contributed by atoms with Crippen LogP contribution in [0.4, 0.5) is 0 Å². The van der Waals surface area contributed by atoms with Crippen LogP contribution in [0.3, 0.4) is 0 Å². The van der Waals surface area contributed by atoms with Gasteiger partial charge in [-0.2, -0.15) is 4.73 Å². The summed E-state index contributed by atoms with van der Waals surface area (Å²) in [6.45, 7) is 1.30. The van der Waals surface area contributed by atoms with E-state index in [0.29, 0.717) is 0 Å². The lowest BCUT2D eigenvalue weighted by molar-refractivity contribution is -0.141. The minimum absolute atomic E-state index is 0.225. The smallest absolute Gasteiger partial charge is 0.329 e. The third kappa shape index (κ3) is 2.12. The van der Waals surface area contributed by atoms with Crippen molar-refractivity contribution >= 4 is 18.2 Å². The molecule has 0 atom stereocenters. The summed E-state index contributed by atoms with van der Waals surface area (Å²) < 4.78 is 1.36. The van der Waals surface area contributed by atoms with Crippen molar-refractivity contribution in [2.45, 2.75) is 6.92 Å². The molecule has 0 fully saturated rings. The van der Waals surface area contributed by atoms with Gasteiger partial charge < -0.3 is 4.84 Å². The van der Waals surface area contributed by atoms with E-state index in [1.807, 2.05) is 0 Å². The molecule has 0 saturated heterocycles. The molecule has 0 N–H and O–H groups in total. The predicted octanol–water partition coefficient (Wildman–Crippen LogP) is 0.588. The second kappa shape index (κ2) is 3.25. The Balaban J connectivity index is 2.95. The Morgan fingerprint density at radius 1 is 1.82 bits per heavy atom. The van der Waals surface area contributed by atoms with Crippen LogP contribution in [-0.2, 0) is 4.79 Å². The highest BCUT2D eigenvalue weighted by Gasteiger charge is 1.94. The minimum atomic E-state index is -0.422. The number of rotatable bonds is 1. The van der Waals surface area contributed by atoms with E-state index in [4.69, 9.17) is 12.2 Å². The van der Waals surface area contributed by atoms with Gasteiger partial charge in [0.25, 0.3) is 0 Å². The maximum atomic E-state index is 10.4. The first-order valence-electron chi connectivity index (χ1n) is 2.93. The van der Waals surface area contributed by atoms with E-state index in [-0.39, 0.29) is 4.77 Å². The van der Waals surface area contributed by atoms with E-state index in [0.717, 1.165) is 4.73 Å². The fourth-order valence-corrected chi connectivity index (χ4v) is 0.711. The lowest BCUT2D eigenvalue weighted by atomic mass is 10.7. The number of hydrogen-bond donors (Lipinski definition) is 0. The Morgan fingerprint density at radius 2 is 2.55 bits per heavy atom. The molecule has 0 amide bonds. The largest absolute Gasteiger partial charge is 0.335 e. The van der Waals surface area contributed by atoms with Gasteiger partial charge in [-0.1, -0.05) is 0 Å². The first kappa shape index (κ1) is 7.87. The first-order valence-corrected chi connectivity index (χ1v) is 3.33. The molecule has 1 heterocycles. The van der Waals surface area contributed by atoms with Gasteiger partial charge in [-0.15, -0.1) is 0 Å². The average molecular weight is 170 g/mol. The number of carbonyl (C=O) groups excluding carboxylic acids is 1. The summed E-state index contributed by atoms with van der Waals surface area (Å²) in [6, 6.07) is 1.62. The highest BCUT2D eigenvalue weighted by molar-refractivity contribution is 7.71. The monoisotopic (exact) mass is 170 g/mol. The molecule has 0 aromatic carbocycles. The minimum Gasteiger partial charge on any atom is -0.335 e. The standard InChI is InChI=1S/C6H6N2O2S/c1-5(9)10-8-4-2-3-7-6(8)11/h2-4H,1H3. The summed E-state index contributed by atoms with van der Waals surface area (Å²) in [5.41, 5.74) is 0. The molecule has 0 unspecified atom stereocenters. The topological polar surface area (TPSA) is 44.1 Å². The molecule has 1 aromatic rings. The van der Waals surface area contributed by atoms with Crippen molar-refractivity contribution in [2.75, 3.05) is 0 Å². The van der Waals surface area contributed by atoms with Crippen LogP contribution in [-0.4, -0.2) is 15.7 Å². The maximum absolute atomic E-state index is 10.4. The fourth-order valence-electron chi connectivity index (χ4n) is 0.552. The van der Waals surface area contributed by atoms with Crippen molar-refractivity contribution in [3.63, 3.8) is 0 Å². The Morgan fingerprint density at radius 3 is 3.09 bits per heavy atom. The predicted molar refractivity (Wildman–Crippen MR) is 40.3 cm³/mol. The van der Waals surface area contributed by atoms with Crippen molar-refractivity contribution < 1.29 is 9.63 Å². The van der Waals surface area contributed by atoms with Crippen molar-refractivity contribution in [3.8, 4) is 0 Å². The van der Waals surface area contributed by atoms with Crippen molar-refractivity contribution in [3.05, 3.63) is 23.2 Å². The van der Waals surface area contributed by atoms with Crippen LogP contribution >= 0.6 is 12.2 Å². The molecule has 58 valence electrons. The van der Waals surface area contributed by atoms with Gasteiger partial charge in [-0.05, 0) is 18.3 Å². The van der Waals surface area contributed by atoms with Crippen molar-refractivity contribution in [1.29, 1.82) is 0 Å². The summed E-state index contributed by atoms with van der Waals surface area (Å²) in [5, 5.41) is 0. The van der Waals surface area contributed by atoms with Crippen molar-refractivity contribution in [2.24, 2.45) is 0 Å². The molecule has 0 radical (unpaired) electrons. The quantitative estimate of drug-likeness (QED) is 0.578. The molecule has 11 heavy (non-hydrogen) atoms. The Labute approximate surface area is 68.4 Å². The van der Waals surface area contributed by atoms with E-state index in [1.165, 1.54) is 19.3 Å². The van der Waals surface area contributed by atoms with Crippen LogP contribution in [0, 0.1) is 4.77 Å². The number of carbonyl (C=O) groups is 1. The Kier molecular flexibility index (Phi) is 2.32. The zero-order valence-corrected chi connectivity index (χ0v) is 6.67. The van der Waals surface area contributed by atoms with Crippen LogP contribution in [0.25, 0.3) is 0 Å². The summed E-state index contributed by atoms with van der Waals surface area (Å²) in [6.07, 6.45) is 3.05. The third-order valence-electron chi connectivity index (χ3n) is 0.908. The summed E-state index contributed by atoms with van der Waals surface area (Å²) in [7, 11) is 0. The van der Waals surface area contributed by atoms with Gasteiger partial charge in [-0.3, -0.25) is 0 Å². The number of nitrogens with zero attached hydrogens (tertiary/aromatic N) is 2. The highest BCUT2D eigenvalue weighted by Crippen LogP contribution is 1.85. The molecule has 0 aliphatic rings. The zero-order valence-electron chi connectivity index (χ0n) is 5.85. The Bertz CT molecular complexity index is 320. The molecular weight excluding hydrogens is 164 g/mol. The van der Waals surface area contributed by atoms with Gasteiger partial charge in [0.2, 0.25) is 4.77 Å². The van der Waals surface area contributed by atoms with E-state index >= 15 is 0 Å². The zero-order chi connectivity index (χ0) is 8.27. The molecule has 0 bridgehead atoms. The van der Waals surface area contributed by atoms with Gasteiger partial charge in [0.1, 0.15) is 0 Å². The third-order valence-corrected chi connectivity index (χ3v) is 1.19. The molecule has 1 aromatic heterocycles. The summed E-state index contributed by atoms with van der Waals surface area (Å²) >= 11 is 4.75. The molecule has 0 saturated carbocycles. The second-order valence-corrected chi connectivity index (χ2v) is 2.18. The Hall–Kier alpha value is -1.23. The fraction of sp³-hybridized carbons (Fsp3) is 0.167. The lowest BCUT2D eigenvalue weighted by Gasteiger charge is -2.01. The molecule has 0 aliphatic heterocycles. The summed E-state index contributed by atoms with van der Waals surface area (Å²) in [4.78, 5) is 18.8. The summed E-state index contributed by atoms with van der Waals surface area (Å²) in [5.74, 6) is -0.422. The van der Waals surface area contributed by atoms with Crippen molar-refractivity contribution in [1.82, 2.24) is 9.71 Å².